The molecule has 11 heavy (non-hydrogen) atoms. The molecule has 0 spiro atoms. The van der Waals surface area contributed by atoms with E-state index in [1.807, 2.05) is 0 Å². The van der Waals surface area contributed by atoms with Gasteiger partial charge in [-0.05, 0) is 37.0 Å². The lowest BCUT2D eigenvalue weighted by Gasteiger charge is -2.23. The minimum atomic E-state index is 0. The van der Waals surface area contributed by atoms with E-state index in [-0.39, 0.29) is 12.4 Å². The molecular formula is C8H16ClNO. The van der Waals surface area contributed by atoms with Gasteiger partial charge < -0.3 is 10.8 Å². The highest BCUT2D eigenvalue weighted by Gasteiger charge is 2.43. The number of hydrogen-bond donors (Lipinski definition) is 2. The molecule has 3 N–H and O–H groups in total. The summed E-state index contributed by atoms with van der Waals surface area (Å²) in [5.41, 5.74) is 5.86. The van der Waals surface area contributed by atoms with Crippen LogP contribution in [0.5, 0.6) is 0 Å². The second-order valence-corrected chi connectivity index (χ2v) is 3.83. The molecule has 3 heteroatoms. The van der Waals surface area contributed by atoms with Crippen LogP contribution in [0.15, 0.2) is 0 Å². The van der Waals surface area contributed by atoms with Crippen molar-refractivity contribution in [2.75, 3.05) is 6.61 Å². The molecule has 0 radical (unpaired) electrons. The molecule has 0 aromatic heterocycles. The number of hydrogen-bond acceptors (Lipinski definition) is 2. The maximum Gasteiger partial charge on any atom is 0.0462 e. The molecule has 2 fully saturated rings. The van der Waals surface area contributed by atoms with Gasteiger partial charge in [0.2, 0.25) is 0 Å². The summed E-state index contributed by atoms with van der Waals surface area (Å²) < 4.78 is 0. The van der Waals surface area contributed by atoms with Gasteiger partial charge in [0.15, 0.2) is 0 Å². The van der Waals surface area contributed by atoms with E-state index in [0.29, 0.717) is 18.6 Å². The maximum atomic E-state index is 8.93. The summed E-state index contributed by atoms with van der Waals surface area (Å²) >= 11 is 0. The first-order valence-electron chi connectivity index (χ1n) is 4.17. The molecule has 0 aliphatic heterocycles. The maximum absolute atomic E-state index is 8.93. The second kappa shape index (κ2) is 3.30. The predicted molar refractivity (Wildman–Crippen MR) is 46.6 cm³/mol. The number of rotatable bonds is 1. The zero-order valence-corrected chi connectivity index (χ0v) is 7.39. The predicted octanol–water partition coefficient (Wildman–Crippen LogP) is 0.774. The third-order valence-electron chi connectivity index (χ3n) is 3.29. The van der Waals surface area contributed by atoms with Crippen molar-refractivity contribution < 1.29 is 5.11 Å². The molecule has 2 aliphatic rings. The Kier molecular flexibility index (Phi) is 2.79. The van der Waals surface area contributed by atoms with Gasteiger partial charge in [-0.25, -0.2) is 0 Å². The number of aliphatic hydroxyl groups excluding tert-OH is 1. The first-order valence-corrected chi connectivity index (χ1v) is 4.17. The van der Waals surface area contributed by atoms with Crippen LogP contribution in [0.25, 0.3) is 0 Å². The van der Waals surface area contributed by atoms with E-state index >= 15 is 0 Å². The summed E-state index contributed by atoms with van der Waals surface area (Å²) in [5.74, 6) is 2.08. The van der Waals surface area contributed by atoms with Crippen molar-refractivity contribution in [3.8, 4) is 0 Å². The smallest absolute Gasteiger partial charge is 0.0462 e. The fourth-order valence-corrected chi connectivity index (χ4v) is 2.66. The fourth-order valence-electron chi connectivity index (χ4n) is 2.66. The Hall–Kier alpha value is 0.210. The van der Waals surface area contributed by atoms with Gasteiger partial charge in [0.1, 0.15) is 0 Å². The SMILES string of the molecule is Cl.N[C@@H]1C[C@H]2C[C@@H]1C[C@H]2CO. The fraction of sp³-hybridized carbons (Fsp3) is 1.00. The van der Waals surface area contributed by atoms with Crippen molar-refractivity contribution in [2.45, 2.75) is 25.3 Å². The lowest BCUT2D eigenvalue weighted by molar-refractivity contribution is 0.171. The molecule has 2 bridgehead atoms. The standard InChI is InChI=1S/C8H15NO.ClH/c9-8-3-5-1-6(8)2-7(5)4-10;/h5-8,10H,1-4,9H2;1H/t5-,6-,7+,8-;/m1./s1. The molecular weight excluding hydrogens is 162 g/mol. The second-order valence-electron chi connectivity index (χ2n) is 3.83. The van der Waals surface area contributed by atoms with Crippen LogP contribution in [-0.4, -0.2) is 17.8 Å². The molecule has 0 saturated heterocycles. The number of aliphatic hydroxyl groups is 1. The summed E-state index contributed by atoms with van der Waals surface area (Å²) in [6.07, 6.45) is 3.63. The van der Waals surface area contributed by atoms with E-state index < -0.39 is 0 Å². The van der Waals surface area contributed by atoms with Crippen LogP contribution in [0, 0.1) is 17.8 Å². The van der Waals surface area contributed by atoms with Crippen LogP contribution in [0.1, 0.15) is 19.3 Å². The van der Waals surface area contributed by atoms with Crippen LogP contribution in [0.2, 0.25) is 0 Å². The van der Waals surface area contributed by atoms with E-state index in [2.05, 4.69) is 0 Å². The Balaban J connectivity index is 0.000000605. The molecule has 0 aromatic rings. The van der Waals surface area contributed by atoms with Crippen LogP contribution < -0.4 is 5.73 Å². The molecule has 0 amide bonds. The van der Waals surface area contributed by atoms with E-state index in [1.54, 1.807) is 0 Å². The van der Waals surface area contributed by atoms with Gasteiger partial charge in [0.25, 0.3) is 0 Å². The van der Waals surface area contributed by atoms with E-state index in [9.17, 15) is 0 Å². The highest BCUT2D eigenvalue weighted by molar-refractivity contribution is 5.85. The van der Waals surface area contributed by atoms with Gasteiger partial charge in [-0.3, -0.25) is 0 Å². The lowest BCUT2D eigenvalue weighted by atomic mass is 9.87. The van der Waals surface area contributed by atoms with Crippen molar-refractivity contribution in [1.82, 2.24) is 0 Å². The first kappa shape index (κ1) is 9.30. The molecule has 2 saturated carbocycles. The first-order chi connectivity index (χ1) is 4.81. The van der Waals surface area contributed by atoms with Crippen molar-refractivity contribution in [3.63, 3.8) is 0 Å². The minimum Gasteiger partial charge on any atom is -0.396 e. The number of halogens is 1. The Morgan fingerprint density at radius 1 is 1.18 bits per heavy atom. The van der Waals surface area contributed by atoms with Crippen molar-refractivity contribution in [2.24, 2.45) is 23.5 Å². The molecule has 2 aliphatic carbocycles. The Morgan fingerprint density at radius 2 is 1.91 bits per heavy atom. The summed E-state index contributed by atoms with van der Waals surface area (Å²) in [5, 5.41) is 8.93. The Morgan fingerprint density at radius 3 is 2.27 bits per heavy atom. The quantitative estimate of drug-likeness (QED) is 0.622. The van der Waals surface area contributed by atoms with Crippen LogP contribution in [0.4, 0.5) is 0 Å². The monoisotopic (exact) mass is 177 g/mol. The van der Waals surface area contributed by atoms with Crippen LogP contribution in [0.3, 0.4) is 0 Å². The van der Waals surface area contributed by atoms with Crippen molar-refractivity contribution in [1.29, 1.82) is 0 Å². The third-order valence-corrected chi connectivity index (χ3v) is 3.29. The Labute approximate surface area is 73.6 Å². The highest BCUT2D eigenvalue weighted by atomic mass is 35.5. The third kappa shape index (κ3) is 1.40. The van der Waals surface area contributed by atoms with Gasteiger partial charge in [-0.2, -0.15) is 0 Å². The average Bonchev–Trinajstić information content (AvgIpc) is 2.44. The highest BCUT2D eigenvalue weighted by Crippen LogP contribution is 2.47. The number of nitrogens with two attached hydrogens (primary N) is 1. The normalized spacial score (nSPS) is 47.5. The lowest BCUT2D eigenvalue weighted by Crippen LogP contribution is -2.30. The van der Waals surface area contributed by atoms with E-state index in [4.69, 9.17) is 10.8 Å². The molecule has 4 atom stereocenters. The average molecular weight is 178 g/mol. The van der Waals surface area contributed by atoms with Crippen LogP contribution in [-0.2, 0) is 0 Å². The molecule has 2 nitrogen and oxygen atoms in total. The topological polar surface area (TPSA) is 46.2 Å². The van der Waals surface area contributed by atoms with E-state index in [0.717, 1.165) is 18.3 Å². The summed E-state index contributed by atoms with van der Waals surface area (Å²) in [7, 11) is 0. The van der Waals surface area contributed by atoms with E-state index in [1.165, 1.54) is 12.8 Å². The van der Waals surface area contributed by atoms with Gasteiger partial charge in [0.05, 0.1) is 0 Å². The Bertz CT molecular complexity index is 140. The van der Waals surface area contributed by atoms with Gasteiger partial charge in [0, 0.05) is 12.6 Å². The molecule has 0 heterocycles. The molecule has 0 aromatic carbocycles. The molecule has 2 rings (SSSR count). The van der Waals surface area contributed by atoms with Gasteiger partial charge in [-0.1, -0.05) is 0 Å². The summed E-state index contributed by atoms with van der Waals surface area (Å²) in [6.45, 7) is 0.383. The zero-order valence-electron chi connectivity index (χ0n) is 6.57. The number of fused-ring (bicyclic) bond motifs is 2. The molecule has 0 unspecified atom stereocenters. The largest absolute Gasteiger partial charge is 0.396 e. The van der Waals surface area contributed by atoms with Crippen LogP contribution >= 0.6 is 12.4 Å². The summed E-state index contributed by atoms with van der Waals surface area (Å²) in [4.78, 5) is 0. The minimum absolute atomic E-state index is 0. The van der Waals surface area contributed by atoms with Gasteiger partial charge in [-0.15, -0.1) is 12.4 Å². The molecule has 66 valence electrons. The summed E-state index contributed by atoms with van der Waals surface area (Å²) in [6, 6.07) is 0.452. The zero-order chi connectivity index (χ0) is 7.14. The van der Waals surface area contributed by atoms with Crippen molar-refractivity contribution >= 4 is 12.4 Å². The van der Waals surface area contributed by atoms with Crippen molar-refractivity contribution in [3.05, 3.63) is 0 Å². The van der Waals surface area contributed by atoms with Gasteiger partial charge >= 0.3 is 0 Å².